The normalized spacial score (nSPS) is 16.6. The number of aliphatic hydroxyl groups is 1. The number of β-amino-alcohol motifs (C(OH)–C–C–N with tert-alkyl or cyclic N) is 1. The highest BCUT2D eigenvalue weighted by Gasteiger charge is 2.24. The molecule has 4 nitrogen and oxygen atoms in total. The zero-order valence-electron chi connectivity index (χ0n) is 12.2. The quantitative estimate of drug-likeness (QED) is 0.920. The molecule has 20 heavy (non-hydrogen) atoms. The number of para-hydroxylation sites is 1. The zero-order valence-corrected chi connectivity index (χ0v) is 12.2. The maximum absolute atomic E-state index is 13.9. The van der Waals surface area contributed by atoms with E-state index in [0.29, 0.717) is 31.1 Å². The van der Waals surface area contributed by atoms with Gasteiger partial charge in [0, 0.05) is 6.54 Å². The standard InChI is InChI=1S/C15H22FNO3/c1-15(2,3)20-10-11(18)9-17-7-8-19-13-6-4-5-12(16)14(13)17/h4-6,11,18H,7-10H2,1-3H3. The van der Waals surface area contributed by atoms with Crippen molar-refractivity contribution in [2.45, 2.75) is 32.5 Å². The van der Waals surface area contributed by atoms with Crippen molar-refractivity contribution in [1.82, 2.24) is 0 Å². The first-order valence-corrected chi connectivity index (χ1v) is 6.85. The summed E-state index contributed by atoms with van der Waals surface area (Å²) in [5.74, 6) is 0.200. The highest BCUT2D eigenvalue weighted by molar-refractivity contribution is 5.60. The van der Waals surface area contributed by atoms with Crippen LogP contribution in [0.2, 0.25) is 0 Å². The zero-order chi connectivity index (χ0) is 14.8. The molecule has 0 bridgehead atoms. The Balaban J connectivity index is 2.01. The third-order valence-electron chi connectivity index (χ3n) is 3.02. The predicted molar refractivity (Wildman–Crippen MR) is 75.8 cm³/mol. The first kappa shape index (κ1) is 15.1. The fourth-order valence-electron chi connectivity index (χ4n) is 2.13. The number of rotatable bonds is 4. The van der Waals surface area contributed by atoms with Crippen molar-refractivity contribution in [2.24, 2.45) is 0 Å². The molecule has 1 aromatic rings. The van der Waals surface area contributed by atoms with Gasteiger partial charge in [-0.2, -0.15) is 0 Å². The maximum atomic E-state index is 13.9. The molecule has 0 saturated carbocycles. The lowest BCUT2D eigenvalue weighted by Gasteiger charge is -2.33. The van der Waals surface area contributed by atoms with Crippen molar-refractivity contribution in [2.75, 3.05) is 31.2 Å². The molecule has 1 N–H and O–H groups in total. The Labute approximate surface area is 119 Å². The Morgan fingerprint density at radius 2 is 2.20 bits per heavy atom. The number of ether oxygens (including phenoxy) is 2. The van der Waals surface area contributed by atoms with Gasteiger partial charge in [0.2, 0.25) is 0 Å². The summed E-state index contributed by atoms with van der Waals surface area (Å²) in [6.45, 7) is 7.40. The topological polar surface area (TPSA) is 41.9 Å². The summed E-state index contributed by atoms with van der Waals surface area (Å²) in [7, 11) is 0. The van der Waals surface area contributed by atoms with Gasteiger partial charge in [-0.1, -0.05) is 6.07 Å². The van der Waals surface area contributed by atoms with Gasteiger partial charge in [0.05, 0.1) is 24.9 Å². The van der Waals surface area contributed by atoms with Crippen molar-refractivity contribution in [3.63, 3.8) is 0 Å². The Hall–Kier alpha value is -1.33. The molecule has 1 unspecified atom stereocenters. The van der Waals surface area contributed by atoms with Gasteiger partial charge in [-0.3, -0.25) is 0 Å². The summed E-state index contributed by atoms with van der Waals surface area (Å²) in [6.07, 6.45) is -0.667. The molecule has 0 spiro atoms. The van der Waals surface area contributed by atoms with E-state index in [4.69, 9.17) is 9.47 Å². The second kappa shape index (κ2) is 5.97. The molecule has 1 aliphatic heterocycles. The van der Waals surface area contributed by atoms with E-state index in [1.54, 1.807) is 12.1 Å². The van der Waals surface area contributed by atoms with E-state index in [1.165, 1.54) is 6.07 Å². The smallest absolute Gasteiger partial charge is 0.150 e. The molecule has 112 valence electrons. The molecule has 0 aromatic heterocycles. The van der Waals surface area contributed by atoms with Crippen molar-refractivity contribution in [3.05, 3.63) is 24.0 Å². The number of fused-ring (bicyclic) bond motifs is 1. The fraction of sp³-hybridized carbons (Fsp3) is 0.600. The highest BCUT2D eigenvalue weighted by Crippen LogP contribution is 2.33. The van der Waals surface area contributed by atoms with Gasteiger partial charge in [0.1, 0.15) is 23.9 Å². The maximum Gasteiger partial charge on any atom is 0.150 e. The number of hydrogen-bond donors (Lipinski definition) is 1. The SMILES string of the molecule is CC(C)(C)OCC(O)CN1CCOc2cccc(F)c21. The number of hydrogen-bond acceptors (Lipinski definition) is 4. The van der Waals surface area contributed by atoms with Crippen LogP contribution in [-0.2, 0) is 4.74 Å². The molecule has 0 aliphatic carbocycles. The molecule has 2 rings (SSSR count). The van der Waals surface area contributed by atoms with Gasteiger partial charge in [-0.25, -0.2) is 4.39 Å². The molecule has 0 saturated heterocycles. The average Bonchev–Trinajstić information content (AvgIpc) is 2.36. The van der Waals surface area contributed by atoms with Crippen LogP contribution in [0.4, 0.5) is 10.1 Å². The van der Waals surface area contributed by atoms with Crippen LogP contribution >= 0.6 is 0 Å². The Bertz CT molecular complexity index is 459. The Morgan fingerprint density at radius 3 is 2.90 bits per heavy atom. The minimum absolute atomic E-state index is 0.227. The molecule has 0 amide bonds. The molecule has 1 aliphatic rings. The van der Waals surface area contributed by atoms with Gasteiger partial charge in [-0.15, -0.1) is 0 Å². The second-order valence-electron chi connectivity index (χ2n) is 5.96. The van der Waals surface area contributed by atoms with E-state index in [9.17, 15) is 9.50 Å². The molecular weight excluding hydrogens is 261 g/mol. The number of aliphatic hydroxyl groups excluding tert-OH is 1. The van der Waals surface area contributed by atoms with Gasteiger partial charge in [-0.05, 0) is 32.9 Å². The van der Waals surface area contributed by atoms with Crippen LogP contribution in [0.3, 0.4) is 0 Å². The lowest BCUT2D eigenvalue weighted by molar-refractivity contribution is -0.0465. The van der Waals surface area contributed by atoms with Crippen molar-refractivity contribution < 1.29 is 19.0 Å². The van der Waals surface area contributed by atoms with Gasteiger partial charge in [0.25, 0.3) is 0 Å². The van der Waals surface area contributed by atoms with Crippen LogP contribution < -0.4 is 9.64 Å². The number of halogens is 1. The highest BCUT2D eigenvalue weighted by atomic mass is 19.1. The number of nitrogens with zero attached hydrogens (tertiary/aromatic N) is 1. The van der Waals surface area contributed by atoms with Crippen molar-refractivity contribution in [1.29, 1.82) is 0 Å². The third-order valence-corrected chi connectivity index (χ3v) is 3.02. The summed E-state index contributed by atoms with van der Waals surface area (Å²) < 4.78 is 24.9. The summed E-state index contributed by atoms with van der Waals surface area (Å²) in [5, 5.41) is 10.1. The van der Waals surface area contributed by atoms with Crippen LogP contribution in [0.5, 0.6) is 5.75 Å². The lowest BCUT2D eigenvalue weighted by atomic mass is 10.2. The van der Waals surface area contributed by atoms with Crippen molar-refractivity contribution >= 4 is 5.69 Å². The molecule has 1 atom stereocenters. The van der Waals surface area contributed by atoms with E-state index in [1.807, 2.05) is 25.7 Å². The fourth-order valence-corrected chi connectivity index (χ4v) is 2.13. The van der Waals surface area contributed by atoms with E-state index < -0.39 is 6.10 Å². The van der Waals surface area contributed by atoms with Crippen LogP contribution in [0, 0.1) is 5.82 Å². The van der Waals surface area contributed by atoms with Gasteiger partial charge >= 0.3 is 0 Å². The van der Waals surface area contributed by atoms with Gasteiger partial charge < -0.3 is 19.5 Å². The first-order valence-electron chi connectivity index (χ1n) is 6.85. The average molecular weight is 283 g/mol. The second-order valence-corrected chi connectivity index (χ2v) is 5.96. The van der Waals surface area contributed by atoms with Crippen LogP contribution in [0.25, 0.3) is 0 Å². The minimum atomic E-state index is -0.667. The third kappa shape index (κ3) is 3.84. The van der Waals surface area contributed by atoms with Crippen molar-refractivity contribution in [3.8, 4) is 5.75 Å². The van der Waals surface area contributed by atoms with Crippen LogP contribution in [0.15, 0.2) is 18.2 Å². The van der Waals surface area contributed by atoms with E-state index in [0.717, 1.165) is 0 Å². The molecule has 5 heteroatoms. The number of anilines is 1. The van der Waals surface area contributed by atoms with E-state index >= 15 is 0 Å². The Kier molecular flexibility index (Phi) is 4.50. The summed E-state index contributed by atoms with van der Waals surface area (Å²) in [6, 6.07) is 4.76. The van der Waals surface area contributed by atoms with E-state index in [-0.39, 0.29) is 18.0 Å². The molecule has 0 fully saturated rings. The van der Waals surface area contributed by atoms with Crippen LogP contribution in [0.1, 0.15) is 20.8 Å². The molecule has 0 radical (unpaired) electrons. The largest absolute Gasteiger partial charge is 0.489 e. The Morgan fingerprint density at radius 1 is 1.45 bits per heavy atom. The van der Waals surface area contributed by atoms with E-state index in [2.05, 4.69) is 0 Å². The molecule has 1 aromatic carbocycles. The molecule has 1 heterocycles. The predicted octanol–water partition coefficient (Wildman–Crippen LogP) is 2.20. The minimum Gasteiger partial charge on any atom is -0.489 e. The summed E-state index contributed by atoms with van der Waals surface area (Å²) >= 11 is 0. The monoisotopic (exact) mass is 283 g/mol. The summed E-state index contributed by atoms with van der Waals surface area (Å²) in [4.78, 5) is 1.81. The number of benzene rings is 1. The first-order chi connectivity index (χ1) is 9.37. The lowest BCUT2D eigenvalue weighted by Crippen LogP contribution is -2.41. The summed E-state index contributed by atoms with van der Waals surface area (Å²) in [5.41, 5.74) is 0.128. The molecular formula is C15H22FNO3. The van der Waals surface area contributed by atoms with Gasteiger partial charge in [0.15, 0.2) is 0 Å². The van der Waals surface area contributed by atoms with Crippen LogP contribution in [-0.4, -0.2) is 43.1 Å².